The highest BCUT2D eigenvalue weighted by Gasteiger charge is 2.12. The second-order valence-corrected chi connectivity index (χ2v) is 8.30. The van der Waals surface area contributed by atoms with Crippen LogP contribution in [0.3, 0.4) is 0 Å². The summed E-state index contributed by atoms with van der Waals surface area (Å²) in [4.78, 5) is 6.90. The number of aromatic nitrogens is 1. The first-order valence-electron chi connectivity index (χ1n) is 9.31. The summed E-state index contributed by atoms with van der Waals surface area (Å²) >= 11 is 18.2. The number of hydrogen-bond acceptors (Lipinski definition) is 3. The van der Waals surface area contributed by atoms with Crippen molar-refractivity contribution in [1.82, 2.24) is 9.88 Å². The fourth-order valence-electron chi connectivity index (χ4n) is 3.37. The molecule has 3 aromatic rings. The number of pyridine rings is 1. The van der Waals surface area contributed by atoms with Crippen molar-refractivity contribution in [3.63, 3.8) is 0 Å². The van der Waals surface area contributed by atoms with E-state index in [0.29, 0.717) is 15.9 Å². The van der Waals surface area contributed by atoms with Crippen molar-refractivity contribution >= 4 is 64.2 Å². The molecule has 1 N–H and O–H groups in total. The number of phenolic OH excluding ortho intramolecular Hbond substituents is 1. The molecule has 0 spiro atoms. The van der Waals surface area contributed by atoms with Crippen LogP contribution in [0.15, 0.2) is 60.2 Å². The van der Waals surface area contributed by atoms with E-state index >= 15 is 0 Å². The van der Waals surface area contributed by atoms with Crippen molar-refractivity contribution in [2.75, 3.05) is 13.1 Å². The third-order valence-electron chi connectivity index (χ3n) is 4.99. The van der Waals surface area contributed by atoms with Gasteiger partial charge in [-0.1, -0.05) is 59.1 Å². The van der Waals surface area contributed by atoms with Crippen molar-refractivity contribution in [3.8, 4) is 5.75 Å². The van der Waals surface area contributed by atoms with Gasteiger partial charge in [-0.25, -0.2) is 4.98 Å². The SMILES string of the molecule is Cl.Oc1c(Cl)cc(Cl)c2ccc(/C=C/C3=CCN(Cc4ccc(Cl)cc4)CC3)nc12. The van der Waals surface area contributed by atoms with Crippen LogP contribution in [0.4, 0.5) is 0 Å². The molecule has 7 heteroatoms. The van der Waals surface area contributed by atoms with Crippen LogP contribution in [0.1, 0.15) is 17.7 Å². The van der Waals surface area contributed by atoms with E-state index < -0.39 is 0 Å². The quantitative estimate of drug-likeness (QED) is 0.429. The third kappa shape index (κ3) is 5.29. The molecule has 4 rings (SSSR count). The lowest BCUT2D eigenvalue weighted by Crippen LogP contribution is -2.27. The normalized spacial score (nSPS) is 14.7. The zero-order valence-electron chi connectivity index (χ0n) is 16.0. The fourth-order valence-corrected chi connectivity index (χ4v) is 4.02. The average molecular weight is 482 g/mol. The maximum Gasteiger partial charge on any atom is 0.160 e. The van der Waals surface area contributed by atoms with E-state index in [4.69, 9.17) is 34.8 Å². The smallest absolute Gasteiger partial charge is 0.160 e. The molecule has 2 heterocycles. The Bertz CT molecular complexity index is 1110. The van der Waals surface area contributed by atoms with Crippen LogP contribution in [0, 0.1) is 0 Å². The summed E-state index contributed by atoms with van der Waals surface area (Å²) in [5, 5.41) is 12.3. The first kappa shape index (κ1) is 22.9. The molecule has 156 valence electrons. The van der Waals surface area contributed by atoms with Crippen LogP contribution in [0.25, 0.3) is 17.0 Å². The maximum atomic E-state index is 10.2. The topological polar surface area (TPSA) is 36.4 Å². The highest BCUT2D eigenvalue weighted by atomic mass is 35.5. The summed E-state index contributed by atoms with van der Waals surface area (Å²) in [6.07, 6.45) is 7.24. The van der Waals surface area contributed by atoms with Gasteiger partial charge >= 0.3 is 0 Å². The molecule has 0 saturated carbocycles. The minimum absolute atomic E-state index is 0. The minimum atomic E-state index is -0.0453. The number of fused-ring (bicyclic) bond motifs is 1. The molecule has 0 bridgehead atoms. The molecule has 0 radical (unpaired) electrons. The Morgan fingerprint density at radius 1 is 1.00 bits per heavy atom. The summed E-state index contributed by atoms with van der Waals surface area (Å²) in [5.41, 5.74) is 3.69. The molecule has 0 fully saturated rings. The van der Waals surface area contributed by atoms with Gasteiger partial charge in [0, 0.05) is 30.0 Å². The van der Waals surface area contributed by atoms with E-state index in [1.807, 2.05) is 30.3 Å². The van der Waals surface area contributed by atoms with Gasteiger partial charge in [0.1, 0.15) is 5.52 Å². The van der Waals surface area contributed by atoms with E-state index in [9.17, 15) is 5.11 Å². The molecule has 1 aliphatic heterocycles. The van der Waals surface area contributed by atoms with Gasteiger partial charge in [0.05, 0.1) is 15.7 Å². The zero-order chi connectivity index (χ0) is 20.4. The van der Waals surface area contributed by atoms with Crippen LogP contribution in [0.5, 0.6) is 5.75 Å². The molecule has 0 unspecified atom stereocenters. The van der Waals surface area contributed by atoms with Gasteiger partial charge in [0.2, 0.25) is 0 Å². The number of benzene rings is 2. The lowest BCUT2D eigenvalue weighted by atomic mass is 10.1. The number of halogens is 4. The lowest BCUT2D eigenvalue weighted by Gasteiger charge is -2.25. The Labute approximate surface area is 197 Å². The maximum absolute atomic E-state index is 10.2. The van der Waals surface area contributed by atoms with E-state index in [1.165, 1.54) is 17.2 Å². The second kappa shape index (κ2) is 10.0. The Balaban J connectivity index is 0.00000256. The summed E-state index contributed by atoms with van der Waals surface area (Å²) in [6, 6.07) is 13.3. The first-order chi connectivity index (χ1) is 14.0. The third-order valence-corrected chi connectivity index (χ3v) is 5.85. The molecule has 2 aromatic carbocycles. The van der Waals surface area contributed by atoms with E-state index in [-0.39, 0.29) is 23.2 Å². The highest BCUT2D eigenvalue weighted by Crippen LogP contribution is 2.36. The Morgan fingerprint density at radius 2 is 1.77 bits per heavy atom. The number of rotatable bonds is 4. The fraction of sp³-hybridized carbons (Fsp3) is 0.174. The van der Waals surface area contributed by atoms with Gasteiger partial charge in [0.15, 0.2) is 5.75 Å². The second-order valence-electron chi connectivity index (χ2n) is 7.05. The number of nitrogens with zero attached hydrogens (tertiary/aromatic N) is 2. The van der Waals surface area contributed by atoms with Crippen LogP contribution >= 0.6 is 47.2 Å². The van der Waals surface area contributed by atoms with Crippen molar-refractivity contribution < 1.29 is 5.11 Å². The summed E-state index contributed by atoms with van der Waals surface area (Å²) < 4.78 is 0. The van der Waals surface area contributed by atoms with Crippen LogP contribution in [-0.2, 0) is 6.54 Å². The predicted molar refractivity (Wildman–Crippen MR) is 129 cm³/mol. The lowest BCUT2D eigenvalue weighted by molar-refractivity contribution is 0.287. The average Bonchev–Trinajstić information content (AvgIpc) is 2.73. The van der Waals surface area contributed by atoms with Crippen LogP contribution in [-0.4, -0.2) is 28.1 Å². The number of aromatic hydroxyl groups is 1. The summed E-state index contributed by atoms with van der Waals surface area (Å²) in [7, 11) is 0. The molecular weight excluding hydrogens is 462 g/mol. The van der Waals surface area contributed by atoms with Gasteiger partial charge < -0.3 is 5.11 Å². The van der Waals surface area contributed by atoms with Crippen LogP contribution in [0.2, 0.25) is 15.1 Å². The molecule has 30 heavy (non-hydrogen) atoms. The number of phenols is 1. The highest BCUT2D eigenvalue weighted by molar-refractivity contribution is 6.39. The van der Waals surface area contributed by atoms with Crippen LogP contribution < -0.4 is 0 Å². The number of hydrogen-bond donors (Lipinski definition) is 1. The Hall–Kier alpha value is -1.75. The first-order valence-corrected chi connectivity index (χ1v) is 10.4. The molecule has 3 nitrogen and oxygen atoms in total. The van der Waals surface area contributed by atoms with Gasteiger partial charge in [0.25, 0.3) is 0 Å². The molecule has 1 aromatic heterocycles. The van der Waals surface area contributed by atoms with Crippen molar-refractivity contribution in [2.24, 2.45) is 0 Å². The predicted octanol–water partition coefficient (Wildman–Crippen LogP) is 7.17. The largest absolute Gasteiger partial charge is 0.504 e. The van der Waals surface area contributed by atoms with Gasteiger partial charge in [-0.05, 0) is 54.0 Å². The minimum Gasteiger partial charge on any atom is -0.504 e. The van der Waals surface area contributed by atoms with Gasteiger partial charge in [-0.2, -0.15) is 0 Å². The summed E-state index contributed by atoms with van der Waals surface area (Å²) in [6.45, 7) is 2.81. The van der Waals surface area contributed by atoms with Crippen molar-refractivity contribution in [3.05, 3.63) is 86.5 Å². The molecule has 0 atom stereocenters. The monoisotopic (exact) mass is 480 g/mol. The molecular formula is C23H20Cl4N2O. The summed E-state index contributed by atoms with van der Waals surface area (Å²) in [5.74, 6) is -0.0453. The number of allylic oxidation sites excluding steroid dienone is 1. The van der Waals surface area contributed by atoms with Crippen molar-refractivity contribution in [2.45, 2.75) is 13.0 Å². The van der Waals surface area contributed by atoms with Gasteiger partial charge in [-0.3, -0.25) is 4.90 Å². The molecule has 1 aliphatic rings. The van der Waals surface area contributed by atoms with Crippen molar-refractivity contribution in [1.29, 1.82) is 0 Å². The zero-order valence-corrected chi connectivity index (χ0v) is 19.1. The Kier molecular flexibility index (Phi) is 7.67. The van der Waals surface area contributed by atoms with Gasteiger partial charge in [-0.15, -0.1) is 12.4 Å². The molecule has 0 saturated heterocycles. The Morgan fingerprint density at radius 3 is 2.47 bits per heavy atom. The van der Waals surface area contributed by atoms with E-state index in [1.54, 1.807) is 0 Å². The van der Waals surface area contributed by atoms with E-state index in [0.717, 1.165) is 36.8 Å². The molecule has 0 aliphatic carbocycles. The standard InChI is InChI=1S/C23H19Cl3N2O.ClH/c24-17-4-1-16(2-5-17)14-28-11-9-15(10-12-28)3-6-18-7-8-19-20(25)13-21(26)23(29)22(19)27-18;/h1-9,13,29H,10-12,14H2;1H/b6-3+;. The molecule has 0 amide bonds. The van der Waals surface area contributed by atoms with E-state index in [2.05, 4.69) is 34.2 Å².